The number of anilines is 1. The van der Waals surface area contributed by atoms with Crippen molar-refractivity contribution < 1.29 is 13.9 Å². The molecule has 1 N–H and O–H groups in total. The first-order valence-electron chi connectivity index (χ1n) is 8.46. The van der Waals surface area contributed by atoms with Crippen LogP contribution in [-0.4, -0.2) is 55.2 Å². The van der Waals surface area contributed by atoms with Crippen LogP contribution in [0.2, 0.25) is 0 Å². The van der Waals surface area contributed by atoms with Gasteiger partial charge in [0.25, 0.3) is 0 Å². The van der Waals surface area contributed by atoms with Gasteiger partial charge in [0.05, 0.1) is 19.8 Å². The number of nitrogens with one attached hydrogen (secondary N) is 1. The van der Waals surface area contributed by atoms with Gasteiger partial charge in [0.15, 0.2) is 0 Å². The summed E-state index contributed by atoms with van der Waals surface area (Å²) >= 11 is 0. The summed E-state index contributed by atoms with van der Waals surface area (Å²) in [5.74, 6) is -0.244. The second-order valence-corrected chi connectivity index (χ2v) is 6.24. The van der Waals surface area contributed by atoms with Gasteiger partial charge in [0.2, 0.25) is 0 Å². The highest BCUT2D eigenvalue weighted by Gasteiger charge is 2.20. The van der Waals surface area contributed by atoms with E-state index in [4.69, 9.17) is 4.74 Å². The maximum absolute atomic E-state index is 13.3. The Balaban J connectivity index is 1.58. The molecule has 0 saturated carbocycles. The van der Waals surface area contributed by atoms with E-state index in [1.807, 2.05) is 24.3 Å². The molecule has 2 heterocycles. The maximum atomic E-state index is 13.3. The topological polar surface area (TPSA) is 44.8 Å². The number of urea groups is 1. The van der Waals surface area contributed by atoms with E-state index in [-0.39, 0.29) is 18.4 Å². The summed E-state index contributed by atoms with van der Waals surface area (Å²) in [5, 5.41) is 2.84. The SMILES string of the molecule is CC(c1ccc(NC(=O)N2CCC=C(F)C2)cc1)N1CCOCC1. The third kappa shape index (κ3) is 4.13. The van der Waals surface area contributed by atoms with Crippen LogP contribution in [0.1, 0.15) is 24.9 Å². The molecule has 1 aromatic rings. The quantitative estimate of drug-likeness (QED) is 0.924. The number of benzene rings is 1. The van der Waals surface area contributed by atoms with Crippen LogP contribution in [0.25, 0.3) is 0 Å². The molecule has 1 aromatic carbocycles. The Bertz CT molecular complexity index is 597. The number of carbonyl (C=O) groups is 1. The molecule has 2 aliphatic heterocycles. The molecule has 6 heteroatoms. The predicted octanol–water partition coefficient (Wildman–Crippen LogP) is 3.17. The molecule has 3 rings (SSSR count). The second-order valence-electron chi connectivity index (χ2n) is 6.24. The lowest BCUT2D eigenvalue weighted by atomic mass is 10.1. The molecule has 1 atom stereocenters. The lowest BCUT2D eigenvalue weighted by Gasteiger charge is -2.32. The van der Waals surface area contributed by atoms with E-state index in [2.05, 4.69) is 17.1 Å². The summed E-state index contributed by atoms with van der Waals surface area (Å²) in [7, 11) is 0. The fourth-order valence-electron chi connectivity index (χ4n) is 3.10. The van der Waals surface area contributed by atoms with E-state index in [1.165, 1.54) is 16.5 Å². The molecule has 1 saturated heterocycles. The lowest BCUT2D eigenvalue weighted by Crippen LogP contribution is -2.38. The van der Waals surface area contributed by atoms with Crippen LogP contribution in [0.4, 0.5) is 14.9 Å². The number of nitrogens with zero attached hydrogens (tertiary/aromatic N) is 2. The fraction of sp³-hybridized carbons (Fsp3) is 0.500. The number of halogens is 1. The van der Waals surface area contributed by atoms with E-state index in [9.17, 15) is 9.18 Å². The van der Waals surface area contributed by atoms with Gasteiger partial charge in [0, 0.05) is 31.4 Å². The molecule has 0 spiro atoms. The zero-order chi connectivity index (χ0) is 16.9. The van der Waals surface area contributed by atoms with E-state index < -0.39 is 0 Å². The molecule has 130 valence electrons. The Labute approximate surface area is 142 Å². The van der Waals surface area contributed by atoms with Crippen LogP contribution in [0.15, 0.2) is 36.2 Å². The highest BCUT2D eigenvalue weighted by Crippen LogP contribution is 2.23. The van der Waals surface area contributed by atoms with Crippen molar-refractivity contribution in [2.24, 2.45) is 0 Å². The molecular weight excluding hydrogens is 309 g/mol. The molecule has 1 fully saturated rings. The monoisotopic (exact) mass is 333 g/mol. The van der Waals surface area contributed by atoms with Crippen molar-refractivity contribution in [2.75, 3.05) is 44.7 Å². The van der Waals surface area contributed by atoms with Crippen molar-refractivity contribution in [1.29, 1.82) is 0 Å². The highest BCUT2D eigenvalue weighted by atomic mass is 19.1. The molecule has 0 aromatic heterocycles. The smallest absolute Gasteiger partial charge is 0.322 e. The van der Waals surface area contributed by atoms with Crippen LogP contribution >= 0.6 is 0 Å². The van der Waals surface area contributed by atoms with Crippen molar-refractivity contribution >= 4 is 11.7 Å². The summed E-state index contributed by atoms with van der Waals surface area (Å²) in [6, 6.07) is 7.94. The summed E-state index contributed by atoms with van der Waals surface area (Å²) in [4.78, 5) is 16.1. The van der Waals surface area contributed by atoms with Gasteiger partial charge in [-0.3, -0.25) is 4.90 Å². The van der Waals surface area contributed by atoms with Gasteiger partial charge in [-0.15, -0.1) is 0 Å². The number of amides is 2. The standard InChI is InChI=1S/C18H24FN3O2/c1-14(21-9-11-24-12-10-21)15-4-6-17(7-5-15)20-18(23)22-8-2-3-16(19)13-22/h3-7,14H,2,8-13H2,1H3,(H,20,23). The number of ether oxygens (including phenoxy) is 1. The van der Waals surface area contributed by atoms with Gasteiger partial charge in [-0.25, -0.2) is 9.18 Å². The Morgan fingerprint density at radius 1 is 1.21 bits per heavy atom. The van der Waals surface area contributed by atoms with Gasteiger partial charge < -0.3 is 15.0 Å². The Morgan fingerprint density at radius 3 is 2.58 bits per heavy atom. The Morgan fingerprint density at radius 2 is 1.92 bits per heavy atom. The molecule has 1 unspecified atom stereocenters. The molecule has 0 radical (unpaired) electrons. The lowest BCUT2D eigenvalue weighted by molar-refractivity contribution is 0.0198. The number of carbonyl (C=O) groups excluding carboxylic acids is 1. The average molecular weight is 333 g/mol. The van der Waals surface area contributed by atoms with Gasteiger partial charge in [-0.2, -0.15) is 0 Å². The van der Waals surface area contributed by atoms with Crippen molar-refractivity contribution in [3.05, 3.63) is 41.7 Å². The third-order valence-electron chi connectivity index (χ3n) is 4.63. The first kappa shape index (κ1) is 16.9. The van der Waals surface area contributed by atoms with Gasteiger partial charge in [0.1, 0.15) is 5.83 Å². The van der Waals surface area contributed by atoms with Gasteiger partial charge >= 0.3 is 6.03 Å². The maximum Gasteiger partial charge on any atom is 0.322 e. The van der Waals surface area contributed by atoms with Gasteiger partial charge in [-0.1, -0.05) is 12.1 Å². The Kier molecular flexibility index (Phi) is 5.48. The van der Waals surface area contributed by atoms with Crippen LogP contribution in [-0.2, 0) is 4.74 Å². The number of hydrogen-bond donors (Lipinski definition) is 1. The van der Waals surface area contributed by atoms with Crippen molar-refractivity contribution in [1.82, 2.24) is 9.80 Å². The largest absolute Gasteiger partial charge is 0.379 e. The Hall–Kier alpha value is -1.92. The van der Waals surface area contributed by atoms with Crippen molar-refractivity contribution in [3.8, 4) is 0 Å². The highest BCUT2D eigenvalue weighted by molar-refractivity contribution is 5.89. The molecule has 5 nitrogen and oxygen atoms in total. The number of hydrogen-bond acceptors (Lipinski definition) is 3. The summed E-state index contributed by atoms with van der Waals surface area (Å²) in [5.41, 5.74) is 1.94. The van der Waals surface area contributed by atoms with Gasteiger partial charge in [-0.05, 0) is 37.1 Å². The molecule has 24 heavy (non-hydrogen) atoms. The van der Waals surface area contributed by atoms with E-state index in [0.717, 1.165) is 32.0 Å². The van der Waals surface area contributed by atoms with Crippen molar-refractivity contribution in [3.63, 3.8) is 0 Å². The fourth-order valence-corrected chi connectivity index (χ4v) is 3.10. The normalized spacial score (nSPS) is 20.4. The van der Waals surface area contributed by atoms with Crippen LogP contribution in [0, 0.1) is 0 Å². The summed E-state index contributed by atoms with van der Waals surface area (Å²) < 4.78 is 18.7. The summed E-state index contributed by atoms with van der Waals surface area (Å²) in [6.45, 7) is 6.21. The molecule has 2 aliphatic rings. The number of rotatable bonds is 3. The minimum Gasteiger partial charge on any atom is -0.379 e. The van der Waals surface area contributed by atoms with Crippen LogP contribution < -0.4 is 5.32 Å². The molecule has 2 amide bonds. The second kappa shape index (κ2) is 7.77. The van der Waals surface area contributed by atoms with Crippen LogP contribution in [0.5, 0.6) is 0 Å². The first-order valence-corrected chi connectivity index (χ1v) is 8.46. The minimum absolute atomic E-state index is 0.0536. The average Bonchev–Trinajstić information content (AvgIpc) is 2.62. The van der Waals surface area contributed by atoms with E-state index in [1.54, 1.807) is 0 Å². The summed E-state index contributed by atoms with van der Waals surface area (Å²) in [6.07, 6.45) is 2.10. The number of morpholine rings is 1. The molecular formula is C18H24FN3O2. The predicted molar refractivity (Wildman–Crippen MR) is 91.6 cm³/mol. The van der Waals surface area contributed by atoms with Crippen molar-refractivity contribution in [2.45, 2.75) is 19.4 Å². The van der Waals surface area contributed by atoms with E-state index >= 15 is 0 Å². The zero-order valence-electron chi connectivity index (χ0n) is 14.0. The molecule has 0 aliphatic carbocycles. The van der Waals surface area contributed by atoms with Crippen LogP contribution in [0.3, 0.4) is 0 Å². The minimum atomic E-state index is -0.257. The first-order chi connectivity index (χ1) is 11.6. The van der Waals surface area contributed by atoms with E-state index in [0.29, 0.717) is 19.0 Å². The third-order valence-corrected chi connectivity index (χ3v) is 4.63. The zero-order valence-corrected chi connectivity index (χ0v) is 14.0. The molecule has 0 bridgehead atoms.